The zero-order chi connectivity index (χ0) is 14.5. The molecule has 0 saturated carbocycles. The van der Waals surface area contributed by atoms with E-state index in [1.807, 2.05) is 6.07 Å². The SMILES string of the molecule is O=[N+]([O-])c1cc(F)cc(NCc2cccc(CO)c2)c1. The molecule has 0 aromatic heterocycles. The summed E-state index contributed by atoms with van der Waals surface area (Å²) in [5.41, 5.74) is 1.71. The van der Waals surface area contributed by atoms with Crippen LogP contribution in [0.4, 0.5) is 15.8 Å². The molecule has 0 radical (unpaired) electrons. The number of aliphatic hydroxyl groups excluding tert-OH is 1. The Kier molecular flexibility index (Phi) is 4.27. The van der Waals surface area contributed by atoms with Gasteiger partial charge < -0.3 is 10.4 Å². The second-order valence-electron chi connectivity index (χ2n) is 4.29. The minimum Gasteiger partial charge on any atom is -0.392 e. The first-order chi connectivity index (χ1) is 9.58. The quantitative estimate of drug-likeness (QED) is 0.650. The van der Waals surface area contributed by atoms with Gasteiger partial charge in [0.1, 0.15) is 5.82 Å². The molecule has 0 saturated heterocycles. The summed E-state index contributed by atoms with van der Waals surface area (Å²) in [5, 5.41) is 22.6. The van der Waals surface area contributed by atoms with Crippen LogP contribution in [0.25, 0.3) is 0 Å². The Balaban J connectivity index is 2.12. The molecule has 0 heterocycles. The Morgan fingerprint density at radius 1 is 1.20 bits per heavy atom. The number of halogens is 1. The third-order valence-corrected chi connectivity index (χ3v) is 2.76. The number of non-ortho nitro benzene ring substituents is 1. The fourth-order valence-electron chi connectivity index (χ4n) is 1.82. The van der Waals surface area contributed by atoms with Crippen LogP contribution in [-0.2, 0) is 13.2 Å². The summed E-state index contributed by atoms with van der Waals surface area (Å²) in [6, 6.07) is 10.6. The van der Waals surface area contributed by atoms with Crippen molar-refractivity contribution in [2.24, 2.45) is 0 Å². The van der Waals surface area contributed by atoms with E-state index in [1.165, 1.54) is 12.1 Å². The summed E-state index contributed by atoms with van der Waals surface area (Å²) in [7, 11) is 0. The van der Waals surface area contributed by atoms with Crippen molar-refractivity contribution in [1.82, 2.24) is 0 Å². The van der Waals surface area contributed by atoms with Crippen molar-refractivity contribution in [3.05, 3.63) is 69.5 Å². The van der Waals surface area contributed by atoms with Crippen molar-refractivity contribution in [3.8, 4) is 0 Å². The van der Waals surface area contributed by atoms with Crippen molar-refractivity contribution in [2.45, 2.75) is 13.2 Å². The van der Waals surface area contributed by atoms with Crippen molar-refractivity contribution in [3.63, 3.8) is 0 Å². The molecule has 0 bridgehead atoms. The maximum absolute atomic E-state index is 13.3. The number of nitro benzene ring substituents is 1. The van der Waals surface area contributed by atoms with Crippen LogP contribution in [0.2, 0.25) is 0 Å². The lowest BCUT2D eigenvalue weighted by atomic mass is 10.1. The van der Waals surface area contributed by atoms with Crippen molar-refractivity contribution in [2.75, 3.05) is 5.32 Å². The van der Waals surface area contributed by atoms with Gasteiger partial charge >= 0.3 is 0 Å². The van der Waals surface area contributed by atoms with Gasteiger partial charge in [-0.3, -0.25) is 10.1 Å². The van der Waals surface area contributed by atoms with Gasteiger partial charge in [0.15, 0.2) is 0 Å². The molecule has 2 rings (SSSR count). The fourth-order valence-corrected chi connectivity index (χ4v) is 1.82. The molecule has 2 aromatic rings. The maximum Gasteiger partial charge on any atom is 0.274 e. The number of hydrogen-bond donors (Lipinski definition) is 2. The molecular weight excluding hydrogens is 263 g/mol. The Morgan fingerprint density at radius 3 is 2.65 bits per heavy atom. The predicted octanol–water partition coefficient (Wildman–Crippen LogP) is 2.84. The maximum atomic E-state index is 13.3. The van der Waals surface area contributed by atoms with Crippen LogP contribution in [0.15, 0.2) is 42.5 Å². The normalized spacial score (nSPS) is 10.3. The Bertz CT molecular complexity index is 632. The Labute approximate surface area is 114 Å². The van der Waals surface area contributed by atoms with Gasteiger partial charge in [-0.1, -0.05) is 24.3 Å². The molecule has 0 atom stereocenters. The first-order valence-corrected chi connectivity index (χ1v) is 5.96. The number of hydrogen-bond acceptors (Lipinski definition) is 4. The molecule has 0 unspecified atom stereocenters. The molecule has 2 N–H and O–H groups in total. The molecule has 0 spiro atoms. The molecule has 6 heteroatoms. The number of aliphatic hydroxyl groups is 1. The van der Waals surface area contributed by atoms with Crippen molar-refractivity contribution >= 4 is 11.4 Å². The number of nitro groups is 1. The van der Waals surface area contributed by atoms with Crippen LogP contribution in [0.1, 0.15) is 11.1 Å². The summed E-state index contributed by atoms with van der Waals surface area (Å²) in [6.45, 7) is 0.327. The average molecular weight is 276 g/mol. The molecule has 0 fully saturated rings. The highest BCUT2D eigenvalue weighted by atomic mass is 19.1. The van der Waals surface area contributed by atoms with Gasteiger partial charge in [0, 0.05) is 18.3 Å². The van der Waals surface area contributed by atoms with Crippen LogP contribution in [0, 0.1) is 15.9 Å². The number of nitrogens with zero attached hydrogens (tertiary/aromatic N) is 1. The van der Waals surface area contributed by atoms with E-state index in [9.17, 15) is 14.5 Å². The standard InChI is InChI=1S/C14H13FN2O3/c15-12-5-13(7-14(6-12)17(19)20)16-8-10-2-1-3-11(4-10)9-18/h1-7,16,18H,8-9H2. The minimum atomic E-state index is -0.661. The van der Waals surface area contributed by atoms with E-state index in [0.717, 1.165) is 17.2 Å². The lowest BCUT2D eigenvalue weighted by Gasteiger charge is -2.08. The fraction of sp³-hybridized carbons (Fsp3) is 0.143. The number of rotatable bonds is 5. The molecule has 0 aliphatic carbocycles. The smallest absolute Gasteiger partial charge is 0.274 e. The van der Waals surface area contributed by atoms with Crippen LogP contribution < -0.4 is 5.32 Å². The highest BCUT2D eigenvalue weighted by Gasteiger charge is 2.09. The summed E-state index contributed by atoms with van der Waals surface area (Å²) in [4.78, 5) is 10.0. The van der Waals surface area contributed by atoms with Gasteiger partial charge in [0.2, 0.25) is 0 Å². The number of nitrogens with one attached hydrogen (secondary N) is 1. The molecule has 0 amide bonds. The Hall–Kier alpha value is -2.47. The van der Waals surface area contributed by atoms with Crippen LogP contribution in [-0.4, -0.2) is 10.0 Å². The van der Waals surface area contributed by atoms with Gasteiger partial charge in [0.05, 0.1) is 17.6 Å². The van der Waals surface area contributed by atoms with Crippen molar-refractivity contribution in [1.29, 1.82) is 0 Å². The second-order valence-corrected chi connectivity index (χ2v) is 4.29. The zero-order valence-electron chi connectivity index (χ0n) is 10.5. The largest absolute Gasteiger partial charge is 0.392 e. The van der Waals surface area contributed by atoms with E-state index in [-0.39, 0.29) is 12.3 Å². The number of anilines is 1. The van der Waals surface area contributed by atoms with E-state index in [0.29, 0.717) is 12.2 Å². The second kappa shape index (κ2) is 6.12. The van der Waals surface area contributed by atoms with Gasteiger partial charge in [-0.15, -0.1) is 0 Å². The van der Waals surface area contributed by atoms with Crippen LogP contribution in [0.3, 0.4) is 0 Å². The van der Waals surface area contributed by atoms with E-state index in [2.05, 4.69) is 5.32 Å². The lowest BCUT2D eigenvalue weighted by Crippen LogP contribution is -2.01. The lowest BCUT2D eigenvalue weighted by molar-refractivity contribution is -0.385. The first kappa shape index (κ1) is 14.0. The van der Waals surface area contributed by atoms with Crippen LogP contribution in [0.5, 0.6) is 0 Å². The third-order valence-electron chi connectivity index (χ3n) is 2.76. The third kappa shape index (κ3) is 3.52. The average Bonchev–Trinajstić information content (AvgIpc) is 2.44. The summed E-state index contributed by atoms with van der Waals surface area (Å²) in [5.74, 6) is -0.661. The van der Waals surface area contributed by atoms with Gasteiger partial charge in [-0.25, -0.2) is 4.39 Å². The molecular formula is C14H13FN2O3. The van der Waals surface area contributed by atoms with E-state index >= 15 is 0 Å². The molecule has 0 aliphatic heterocycles. The molecule has 20 heavy (non-hydrogen) atoms. The number of benzene rings is 2. The minimum absolute atomic E-state index is 0.0563. The zero-order valence-corrected chi connectivity index (χ0v) is 10.5. The van der Waals surface area contributed by atoms with E-state index in [4.69, 9.17) is 5.11 Å². The monoisotopic (exact) mass is 276 g/mol. The first-order valence-electron chi connectivity index (χ1n) is 5.96. The topological polar surface area (TPSA) is 75.4 Å². The predicted molar refractivity (Wildman–Crippen MR) is 72.7 cm³/mol. The molecule has 2 aromatic carbocycles. The highest BCUT2D eigenvalue weighted by molar-refractivity contribution is 5.51. The summed E-state index contributed by atoms with van der Waals surface area (Å²) < 4.78 is 13.3. The summed E-state index contributed by atoms with van der Waals surface area (Å²) in [6.07, 6.45) is 0. The molecule has 5 nitrogen and oxygen atoms in total. The van der Waals surface area contributed by atoms with E-state index in [1.54, 1.807) is 18.2 Å². The molecule has 104 valence electrons. The summed E-state index contributed by atoms with van der Waals surface area (Å²) >= 11 is 0. The van der Waals surface area contributed by atoms with Crippen molar-refractivity contribution < 1.29 is 14.4 Å². The van der Waals surface area contributed by atoms with Crippen LogP contribution >= 0.6 is 0 Å². The molecule has 0 aliphatic rings. The van der Waals surface area contributed by atoms with Gasteiger partial charge in [-0.2, -0.15) is 0 Å². The van der Waals surface area contributed by atoms with Gasteiger partial charge in [0.25, 0.3) is 5.69 Å². The highest BCUT2D eigenvalue weighted by Crippen LogP contribution is 2.20. The van der Waals surface area contributed by atoms with Gasteiger partial charge in [-0.05, 0) is 17.2 Å². The Morgan fingerprint density at radius 2 is 1.95 bits per heavy atom. The van der Waals surface area contributed by atoms with E-state index < -0.39 is 10.7 Å².